The van der Waals surface area contributed by atoms with Gasteiger partial charge in [-0.05, 0) is 37.5 Å². The zero-order valence-corrected chi connectivity index (χ0v) is 12.6. The van der Waals surface area contributed by atoms with Gasteiger partial charge in [0.1, 0.15) is 0 Å². The van der Waals surface area contributed by atoms with E-state index in [-0.39, 0.29) is 12.0 Å². The minimum absolute atomic E-state index is 0.0879. The minimum Gasteiger partial charge on any atom is -0.376 e. The molecule has 0 radical (unpaired) electrons. The van der Waals surface area contributed by atoms with Crippen molar-refractivity contribution in [3.05, 3.63) is 28.8 Å². The summed E-state index contributed by atoms with van der Waals surface area (Å²) in [6.45, 7) is 1.39. The molecule has 1 aliphatic rings. The van der Waals surface area contributed by atoms with Gasteiger partial charge in [-0.15, -0.1) is 12.6 Å². The van der Waals surface area contributed by atoms with Crippen LogP contribution in [0, 0.1) is 0 Å². The first-order valence-corrected chi connectivity index (χ1v) is 7.26. The number of benzene rings is 1. The fourth-order valence-electron chi connectivity index (χ4n) is 2.22. The molecule has 0 aromatic heterocycles. The van der Waals surface area contributed by atoms with E-state index >= 15 is 0 Å². The summed E-state index contributed by atoms with van der Waals surface area (Å²) in [4.78, 5) is 14.7. The standard InChI is InChI=1S/C14H18ClNO2S/c1-16(9-10-4-2-3-7-18-10)14(17)12-8-11(19)5-6-13(12)15/h5-6,8,10,19H,2-4,7,9H2,1H3. The molecule has 1 heterocycles. The normalized spacial score (nSPS) is 19.2. The molecule has 0 bridgehead atoms. The van der Waals surface area contributed by atoms with Gasteiger partial charge in [0.25, 0.3) is 5.91 Å². The first-order chi connectivity index (χ1) is 9.08. The van der Waals surface area contributed by atoms with Gasteiger partial charge in [0.05, 0.1) is 16.7 Å². The molecule has 2 rings (SSSR count). The zero-order valence-electron chi connectivity index (χ0n) is 10.9. The Balaban J connectivity index is 2.03. The first-order valence-electron chi connectivity index (χ1n) is 6.43. The van der Waals surface area contributed by atoms with Gasteiger partial charge in [-0.1, -0.05) is 11.6 Å². The third kappa shape index (κ3) is 3.88. The van der Waals surface area contributed by atoms with E-state index in [1.807, 2.05) is 0 Å². The van der Waals surface area contributed by atoms with Gasteiger partial charge in [0, 0.05) is 25.1 Å². The van der Waals surface area contributed by atoms with Gasteiger partial charge in [0.2, 0.25) is 0 Å². The van der Waals surface area contributed by atoms with Crippen LogP contribution in [0.4, 0.5) is 0 Å². The molecule has 1 aliphatic heterocycles. The number of rotatable bonds is 3. The molecule has 0 spiro atoms. The molecule has 0 N–H and O–H groups in total. The number of nitrogens with zero attached hydrogens (tertiary/aromatic N) is 1. The minimum atomic E-state index is -0.0879. The van der Waals surface area contributed by atoms with E-state index in [2.05, 4.69) is 12.6 Å². The second-order valence-corrected chi connectivity index (χ2v) is 5.76. The van der Waals surface area contributed by atoms with Crippen LogP contribution in [0.15, 0.2) is 23.1 Å². The van der Waals surface area contributed by atoms with Crippen LogP contribution in [0.3, 0.4) is 0 Å². The Bertz CT molecular complexity index is 461. The van der Waals surface area contributed by atoms with Crippen molar-refractivity contribution in [3.8, 4) is 0 Å². The highest BCUT2D eigenvalue weighted by Gasteiger charge is 2.21. The predicted molar refractivity (Wildman–Crippen MR) is 79.3 cm³/mol. The number of amides is 1. The Morgan fingerprint density at radius 3 is 3.00 bits per heavy atom. The van der Waals surface area contributed by atoms with Crippen molar-refractivity contribution in [2.75, 3.05) is 20.2 Å². The summed E-state index contributed by atoms with van der Waals surface area (Å²) in [5, 5.41) is 0.458. The SMILES string of the molecule is CN(CC1CCCCO1)C(=O)c1cc(S)ccc1Cl. The lowest BCUT2D eigenvalue weighted by Gasteiger charge is -2.27. The van der Waals surface area contributed by atoms with Crippen LogP contribution >= 0.6 is 24.2 Å². The molecule has 1 atom stereocenters. The number of thiol groups is 1. The quantitative estimate of drug-likeness (QED) is 0.868. The third-order valence-electron chi connectivity index (χ3n) is 3.28. The Morgan fingerprint density at radius 2 is 2.32 bits per heavy atom. The molecule has 0 aliphatic carbocycles. The van der Waals surface area contributed by atoms with Crippen LogP contribution < -0.4 is 0 Å². The molecule has 1 fully saturated rings. The maximum atomic E-state index is 12.3. The number of carbonyl (C=O) groups is 1. The summed E-state index contributed by atoms with van der Waals surface area (Å²) < 4.78 is 5.65. The fourth-order valence-corrected chi connectivity index (χ4v) is 2.62. The Morgan fingerprint density at radius 1 is 1.53 bits per heavy atom. The second kappa shape index (κ2) is 6.64. The van der Waals surface area contributed by atoms with Crippen molar-refractivity contribution in [3.63, 3.8) is 0 Å². The summed E-state index contributed by atoms with van der Waals surface area (Å²) in [5.74, 6) is -0.0879. The summed E-state index contributed by atoms with van der Waals surface area (Å²) in [6.07, 6.45) is 3.43. The van der Waals surface area contributed by atoms with Crippen molar-refractivity contribution in [1.29, 1.82) is 0 Å². The maximum absolute atomic E-state index is 12.3. The molecule has 3 nitrogen and oxygen atoms in total. The number of carbonyl (C=O) groups excluding carboxylic acids is 1. The molecule has 1 saturated heterocycles. The Hall–Kier alpha value is -0.710. The van der Waals surface area contributed by atoms with E-state index in [9.17, 15) is 4.79 Å². The van der Waals surface area contributed by atoms with Crippen molar-refractivity contribution >= 4 is 30.1 Å². The Labute approximate surface area is 124 Å². The highest BCUT2D eigenvalue weighted by atomic mass is 35.5. The monoisotopic (exact) mass is 299 g/mol. The lowest BCUT2D eigenvalue weighted by molar-refractivity contribution is -0.000189. The van der Waals surface area contributed by atoms with E-state index < -0.39 is 0 Å². The lowest BCUT2D eigenvalue weighted by Crippen LogP contribution is -2.37. The maximum Gasteiger partial charge on any atom is 0.255 e. The van der Waals surface area contributed by atoms with Gasteiger partial charge in [-0.3, -0.25) is 4.79 Å². The number of hydrogen-bond donors (Lipinski definition) is 1. The predicted octanol–water partition coefficient (Wildman–Crippen LogP) is 3.27. The number of likely N-dealkylation sites (N-methyl/N-ethyl adjacent to an activating group) is 1. The van der Waals surface area contributed by atoms with Crippen molar-refractivity contribution in [2.24, 2.45) is 0 Å². The molecule has 1 unspecified atom stereocenters. The van der Waals surface area contributed by atoms with Crippen LogP contribution in [-0.2, 0) is 4.74 Å². The van der Waals surface area contributed by atoms with E-state index in [0.29, 0.717) is 17.1 Å². The van der Waals surface area contributed by atoms with E-state index in [4.69, 9.17) is 16.3 Å². The third-order valence-corrected chi connectivity index (χ3v) is 3.89. The summed E-state index contributed by atoms with van der Waals surface area (Å²) in [6, 6.07) is 5.17. The topological polar surface area (TPSA) is 29.5 Å². The van der Waals surface area contributed by atoms with E-state index in [0.717, 1.165) is 24.3 Å². The fraction of sp³-hybridized carbons (Fsp3) is 0.500. The molecular weight excluding hydrogens is 282 g/mol. The van der Waals surface area contributed by atoms with Gasteiger partial charge in [0.15, 0.2) is 0 Å². The van der Waals surface area contributed by atoms with Crippen molar-refractivity contribution < 1.29 is 9.53 Å². The number of ether oxygens (including phenoxy) is 1. The van der Waals surface area contributed by atoms with Crippen LogP contribution in [0.1, 0.15) is 29.6 Å². The molecule has 0 saturated carbocycles. The first kappa shape index (κ1) is 14.7. The number of hydrogen-bond acceptors (Lipinski definition) is 3. The smallest absolute Gasteiger partial charge is 0.255 e. The van der Waals surface area contributed by atoms with Crippen molar-refractivity contribution in [2.45, 2.75) is 30.3 Å². The van der Waals surface area contributed by atoms with Gasteiger partial charge in [-0.25, -0.2) is 0 Å². The number of halogens is 1. The largest absolute Gasteiger partial charge is 0.376 e. The second-order valence-electron chi connectivity index (χ2n) is 4.84. The molecule has 19 heavy (non-hydrogen) atoms. The zero-order chi connectivity index (χ0) is 13.8. The van der Waals surface area contributed by atoms with E-state index in [1.54, 1.807) is 30.1 Å². The van der Waals surface area contributed by atoms with Crippen LogP contribution in [0.2, 0.25) is 5.02 Å². The highest BCUT2D eigenvalue weighted by Crippen LogP contribution is 2.22. The molecule has 1 amide bonds. The van der Waals surface area contributed by atoms with Crippen LogP contribution in [-0.4, -0.2) is 37.1 Å². The van der Waals surface area contributed by atoms with Gasteiger partial charge < -0.3 is 9.64 Å². The molecule has 1 aromatic carbocycles. The summed E-state index contributed by atoms with van der Waals surface area (Å²) >= 11 is 10.3. The average molecular weight is 300 g/mol. The van der Waals surface area contributed by atoms with Crippen molar-refractivity contribution in [1.82, 2.24) is 4.90 Å². The van der Waals surface area contributed by atoms with Crippen LogP contribution in [0.5, 0.6) is 0 Å². The average Bonchev–Trinajstić information content (AvgIpc) is 2.42. The van der Waals surface area contributed by atoms with Gasteiger partial charge in [-0.2, -0.15) is 0 Å². The summed E-state index contributed by atoms with van der Waals surface area (Å²) in [5.41, 5.74) is 0.493. The molecule has 5 heteroatoms. The lowest BCUT2D eigenvalue weighted by atomic mass is 10.1. The highest BCUT2D eigenvalue weighted by molar-refractivity contribution is 7.80. The molecular formula is C14H18ClNO2S. The summed E-state index contributed by atoms with van der Waals surface area (Å²) in [7, 11) is 1.78. The van der Waals surface area contributed by atoms with Gasteiger partial charge >= 0.3 is 0 Å². The Kier molecular flexibility index (Phi) is 5.13. The molecule has 1 aromatic rings. The molecule has 104 valence electrons. The van der Waals surface area contributed by atoms with E-state index in [1.165, 1.54) is 6.42 Å². The van der Waals surface area contributed by atoms with Crippen LogP contribution in [0.25, 0.3) is 0 Å².